The fourth-order valence-corrected chi connectivity index (χ4v) is 2.54. The quantitative estimate of drug-likeness (QED) is 0.709. The van der Waals surface area contributed by atoms with Gasteiger partial charge in [-0.05, 0) is 37.8 Å². The summed E-state index contributed by atoms with van der Waals surface area (Å²) >= 11 is 0. The summed E-state index contributed by atoms with van der Waals surface area (Å²) in [6.07, 6.45) is 5.94. The largest absolute Gasteiger partial charge is 0.497 e. The fraction of sp³-hybridized carbons (Fsp3) is 0.474. The number of nitrogens with one attached hydrogen (secondary N) is 1. The first-order valence-electron chi connectivity index (χ1n) is 8.45. The molecule has 0 atom stereocenters. The van der Waals surface area contributed by atoms with Crippen LogP contribution in [0.2, 0.25) is 0 Å². The predicted molar refractivity (Wildman–Crippen MR) is 97.1 cm³/mol. The van der Waals surface area contributed by atoms with E-state index >= 15 is 0 Å². The second-order valence-corrected chi connectivity index (χ2v) is 5.75. The number of hydrogen-bond donors (Lipinski definition) is 1. The van der Waals surface area contributed by atoms with Gasteiger partial charge in [0, 0.05) is 24.4 Å². The Morgan fingerprint density at radius 2 is 1.88 bits per heavy atom. The lowest BCUT2D eigenvalue weighted by Crippen LogP contribution is -2.09. The molecule has 0 aliphatic carbocycles. The van der Waals surface area contributed by atoms with Crippen LogP contribution in [0.15, 0.2) is 24.4 Å². The van der Waals surface area contributed by atoms with Crippen LogP contribution in [-0.4, -0.2) is 30.7 Å². The van der Waals surface area contributed by atoms with Gasteiger partial charge in [-0.15, -0.1) is 0 Å². The molecule has 0 radical (unpaired) electrons. The van der Waals surface area contributed by atoms with Crippen molar-refractivity contribution in [1.29, 1.82) is 0 Å². The molecule has 2 aromatic rings. The molecule has 0 spiro atoms. The number of aryl methyl sites for hydroxylation is 3. The van der Waals surface area contributed by atoms with Gasteiger partial charge >= 0.3 is 0 Å². The average molecular weight is 329 g/mol. The number of nitrogens with zero attached hydrogens (tertiary/aromatic N) is 2. The first kappa shape index (κ1) is 18.0. The minimum atomic E-state index is 0.791. The third-order valence-corrected chi connectivity index (χ3v) is 3.97. The zero-order chi connectivity index (χ0) is 17.4. The second-order valence-electron chi connectivity index (χ2n) is 5.75. The van der Waals surface area contributed by atoms with Crippen molar-refractivity contribution in [2.45, 2.75) is 39.5 Å². The van der Waals surface area contributed by atoms with E-state index in [-0.39, 0.29) is 0 Å². The summed E-state index contributed by atoms with van der Waals surface area (Å²) in [4.78, 5) is 8.90. The summed E-state index contributed by atoms with van der Waals surface area (Å²) in [6.45, 7) is 5.04. The van der Waals surface area contributed by atoms with Crippen molar-refractivity contribution < 1.29 is 9.47 Å². The van der Waals surface area contributed by atoms with Gasteiger partial charge < -0.3 is 14.8 Å². The van der Waals surface area contributed by atoms with E-state index in [0.717, 1.165) is 66.5 Å². The number of hydrogen-bond acceptors (Lipinski definition) is 5. The molecular weight excluding hydrogens is 302 g/mol. The molecule has 5 nitrogen and oxygen atoms in total. The lowest BCUT2D eigenvalue weighted by Gasteiger charge is -2.13. The number of methoxy groups -OCH3 is 2. The molecule has 130 valence electrons. The third-order valence-electron chi connectivity index (χ3n) is 3.97. The van der Waals surface area contributed by atoms with Gasteiger partial charge in [0.1, 0.15) is 23.1 Å². The van der Waals surface area contributed by atoms with Gasteiger partial charge in [-0.3, -0.25) is 0 Å². The Morgan fingerprint density at radius 3 is 2.58 bits per heavy atom. The first-order valence-corrected chi connectivity index (χ1v) is 8.45. The molecule has 0 saturated heterocycles. The van der Waals surface area contributed by atoms with E-state index in [0.29, 0.717) is 0 Å². The molecule has 0 amide bonds. The van der Waals surface area contributed by atoms with Crippen LogP contribution in [0.3, 0.4) is 0 Å². The number of rotatable bonds is 9. The van der Waals surface area contributed by atoms with Crippen molar-refractivity contribution in [3.63, 3.8) is 0 Å². The summed E-state index contributed by atoms with van der Waals surface area (Å²) in [6, 6.07) is 5.93. The van der Waals surface area contributed by atoms with E-state index in [1.807, 2.05) is 25.3 Å². The predicted octanol–water partition coefficient (Wildman–Crippen LogP) is 3.80. The smallest absolute Gasteiger partial charge is 0.132 e. The van der Waals surface area contributed by atoms with Crippen LogP contribution < -0.4 is 14.8 Å². The lowest BCUT2D eigenvalue weighted by molar-refractivity contribution is 0.391. The van der Waals surface area contributed by atoms with Gasteiger partial charge in [-0.1, -0.05) is 19.4 Å². The van der Waals surface area contributed by atoms with Crippen LogP contribution in [0.25, 0.3) is 0 Å². The SMILES string of the molecule is CCCCNc1nc(C)ncc1CCc1ccc(OC)cc1OC. The molecule has 0 unspecified atom stereocenters. The maximum atomic E-state index is 5.48. The van der Waals surface area contributed by atoms with Crippen molar-refractivity contribution in [3.8, 4) is 11.5 Å². The molecular formula is C19H27N3O2. The monoisotopic (exact) mass is 329 g/mol. The van der Waals surface area contributed by atoms with E-state index in [2.05, 4.69) is 28.3 Å². The molecule has 0 bridgehead atoms. The molecule has 1 heterocycles. The van der Waals surface area contributed by atoms with Crippen LogP contribution in [0.5, 0.6) is 11.5 Å². The van der Waals surface area contributed by atoms with Crippen LogP contribution in [0.1, 0.15) is 36.7 Å². The van der Waals surface area contributed by atoms with Crippen molar-refractivity contribution in [2.24, 2.45) is 0 Å². The number of anilines is 1. The van der Waals surface area contributed by atoms with Crippen molar-refractivity contribution in [2.75, 3.05) is 26.1 Å². The van der Waals surface area contributed by atoms with Crippen molar-refractivity contribution >= 4 is 5.82 Å². The normalized spacial score (nSPS) is 10.5. The number of unbranched alkanes of at least 4 members (excludes halogenated alkanes) is 1. The van der Waals surface area contributed by atoms with E-state index in [9.17, 15) is 0 Å². The molecule has 0 aliphatic heterocycles. The van der Waals surface area contributed by atoms with E-state index < -0.39 is 0 Å². The highest BCUT2D eigenvalue weighted by Crippen LogP contribution is 2.26. The summed E-state index contributed by atoms with van der Waals surface area (Å²) < 4.78 is 10.7. The summed E-state index contributed by atoms with van der Waals surface area (Å²) in [5.74, 6) is 3.39. The average Bonchev–Trinajstić information content (AvgIpc) is 2.61. The molecule has 1 N–H and O–H groups in total. The van der Waals surface area contributed by atoms with Gasteiger partial charge in [0.25, 0.3) is 0 Å². The highest BCUT2D eigenvalue weighted by molar-refractivity contribution is 5.45. The van der Waals surface area contributed by atoms with Crippen molar-refractivity contribution in [1.82, 2.24) is 9.97 Å². The molecule has 1 aromatic heterocycles. The lowest BCUT2D eigenvalue weighted by atomic mass is 10.0. The molecule has 0 aliphatic rings. The Bertz CT molecular complexity index is 659. The van der Waals surface area contributed by atoms with Crippen LogP contribution in [0.4, 0.5) is 5.82 Å². The first-order chi connectivity index (χ1) is 11.7. The summed E-state index contributed by atoms with van der Waals surface area (Å²) in [7, 11) is 3.34. The maximum absolute atomic E-state index is 5.48. The van der Waals surface area contributed by atoms with Crippen LogP contribution >= 0.6 is 0 Å². The Morgan fingerprint density at radius 1 is 1.08 bits per heavy atom. The van der Waals surface area contributed by atoms with E-state index in [1.165, 1.54) is 0 Å². The van der Waals surface area contributed by atoms with Crippen LogP contribution in [-0.2, 0) is 12.8 Å². The Kier molecular flexibility index (Phi) is 6.85. The highest BCUT2D eigenvalue weighted by Gasteiger charge is 2.09. The minimum Gasteiger partial charge on any atom is -0.497 e. The third kappa shape index (κ3) is 4.85. The van der Waals surface area contributed by atoms with Gasteiger partial charge in [-0.2, -0.15) is 0 Å². The second kappa shape index (κ2) is 9.11. The summed E-state index contributed by atoms with van der Waals surface area (Å²) in [5.41, 5.74) is 2.29. The Labute approximate surface area is 144 Å². The van der Waals surface area contributed by atoms with Gasteiger partial charge in [-0.25, -0.2) is 9.97 Å². The molecule has 5 heteroatoms. The zero-order valence-electron chi connectivity index (χ0n) is 15.1. The van der Waals surface area contributed by atoms with Crippen molar-refractivity contribution in [3.05, 3.63) is 41.3 Å². The van der Waals surface area contributed by atoms with E-state index in [1.54, 1.807) is 14.2 Å². The maximum Gasteiger partial charge on any atom is 0.132 e. The molecule has 1 aromatic carbocycles. The van der Waals surface area contributed by atoms with E-state index in [4.69, 9.17) is 9.47 Å². The Hall–Kier alpha value is -2.30. The molecule has 2 rings (SSSR count). The zero-order valence-corrected chi connectivity index (χ0v) is 15.1. The highest BCUT2D eigenvalue weighted by atomic mass is 16.5. The van der Waals surface area contributed by atoms with Gasteiger partial charge in [0.15, 0.2) is 0 Å². The minimum absolute atomic E-state index is 0.791. The fourth-order valence-electron chi connectivity index (χ4n) is 2.54. The topological polar surface area (TPSA) is 56.3 Å². The Balaban J connectivity index is 2.11. The van der Waals surface area contributed by atoms with Gasteiger partial charge in [0.2, 0.25) is 0 Å². The molecule has 0 saturated carbocycles. The standard InChI is InChI=1S/C19H27N3O2/c1-5-6-11-20-19-16(13-21-14(2)22-19)8-7-15-9-10-17(23-3)12-18(15)24-4/h9-10,12-13H,5-8,11H2,1-4H3,(H,20,21,22). The number of benzene rings is 1. The summed E-state index contributed by atoms with van der Waals surface area (Å²) in [5, 5.41) is 3.44. The number of aromatic nitrogens is 2. The number of ether oxygens (including phenoxy) is 2. The van der Waals surface area contributed by atoms with Crippen LogP contribution in [0, 0.1) is 6.92 Å². The molecule has 24 heavy (non-hydrogen) atoms. The van der Waals surface area contributed by atoms with Gasteiger partial charge in [0.05, 0.1) is 14.2 Å². The molecule has 0 fully saturated rings.